The van der Waals surface area contributed by atoms with Gasteiger partial charge < -0.3 is 9.53 Å². The molecule has 0 bridgehead atoms. The van der Waals surface area contributed by atoms with E-state index in [0.717, 1.165) is 5.56 Å². The van der Waals surface area contributed by atoms with E-state index >= 15 is 0 Å². The number of benzene rings is 1. The van der Waals surface area contributed by atoms with Crippen molar-refractivity contribution in [2.24, 2.45) is 0 Å². The van der Waals surface area contributed by atoms with Crippen LogP contribution in [0.15, 0.2) is 24.3 Å². The summed E-state index contributed by atoms with van der Waals surface area (Å²) in [5.41, 5.74) is 0.790. The van der Waals surface area contributed by atoms with Gasteiger partial charge in [-0.05, 0) is 24.6 Å². The van der Waals surface area contributed by atoms with E-state index in [1.807, 2.05) is 0 Å². The first-order valence-electron chi connectivity index (χ1n) is 5.28. The van der Waals surface area contributed by atoms with Crippen molar-refractivity contribution in [2.45, 2.75) is 19.3 Å². The average Bonchev–Trinajstić information content (AvgIpc) is 2.27. The highest BCUT2D eigenvalue weighted by Crippen LogP contribution is 2.22. The van der Waals surface area contributed by atoms with Crippen molar-refractivity contribution in [2.75, 3.05) is 13.7 Å². The zero-order valence-electron chi connectivity index (χ0n) is 9.88. The molecule has 0 saturated carbocycles. The Morgan fingerprint density at radius 2 is 2.00 bits per heavy atom. The second kappa shape index (κ2) is 5.98. The smallest absolute Gasteiger partial charge is 0.211 e. The van der Waals surface area contributed by atoms with Crippen molar-refractivity contribution >= 4 is 5.78 Å². The SMILES string of the molecule is COc1ccc([C@H](CC(C)=O)C[N+](=O)[O-])cc1. The highest BCUT2D eigenvalue weighted by molar-refractivity contribution is 5.76. The summed E-state index contributed by atoms with van der Waals surface area (Å²) < 4.78 is 5.01. The number of carbonyl (C=O) groups excluding carboxylic acids is 1. The fraction of sp³-hybridized carbons (Fsp3) is 0.417. The van der Waals surface area contributed by atoms with Gasteiger partial charge in [0.15, 0.2) is 0 Å². The molecule has 0 aromatic heterocycles. The van der Waals surface area contributed by atoms with E-state index in [-0.39, 0.29) is 24.7 Å². The number of nitro groups is 1. The lowest BCUT2D eigenvalue weighted by Crippen LogP contribution is -2.15. The minimum absolute atomic E-state index is 0.0485. The fourth-order valence-electron chi connectivity index (χ4n) is 1.69. The molecule has 1 atom stereocenters. The van der Waals surface area contributed by atoms with Crippen LogP contribution in [0.25, 0.3) is 0 Å². The third-order valence-corrected chi connectivity index (χ3v) is 2.49. The van der Waals surface area contributed by atoms with Crippen LogP contribution in [0, 0.1) is 10.1 Å². The van der Waals surface area contributed by atoms with Gasteiger partial charge in [-0.1, -0.05) is 12.1 Å². The summed E-state index contributed by atoms with van der Waals surface area (Å²) in [7, 11) is 1.55. The maximum atomic E-state index is 11.1. The molecule has 5 heteroatoms. The lowest BCUT2D eigenvalue weighted by atomic mass is 9.94. The van der Waals surface area contributed by atoms with Crippen LogP contribution in [-0.2, 0) is 4.79 Å². The zero-order valence-corrected chi connectivity index (χ0v) is 9.88. The Hall–Kier alpha value is -1.91. The maximum Gasteiger partial charge on any atom is 0.211 e. The van der Waals surface area contributed by atoms with Crippen LogP contribution in [-0.4, -0.2) is 24.4 Å². The van der Waals surface area contributed by atoms with E-state index in [0.29, 0.717) is 5.75 Å². The quantitative estimate of drug-likeness (QED) is 0.560. The molecule has 0 aliphatic carbocycles. The predicted molar refractivity (Wildman–Crippen MR) is 62.9 cm³/mol. The summed E-state index contributed by atoms with van der Waals surface area (Å²) in [5, 5.41) is 10.6. The van der Waals surface area contributed by atoms with Crippen LogP contribution in [0.2, 0.25) is 0 Å². The van der Waals surface area contributed by atoms with E-state index in [4.69, 9.17) is 4.74 Å². The second-order valence-electron chi connectivity index (χ2n) is 3.89. The molecule has 0 aliphatic rings. The fourth-order valence-corrected chi connectivity index (χ4v) is 1.69. The monoisotopic (exact) mass is 237 g/mol. The Labute approximate surface area is 99.5 Å². The van der Waals surface area contributed by atoms with Crippen LogP contribution in [0.1, 0.15) is 24.8 Å². The van der Waals surface area contributed by atoms with E-state index in [9.17, 15) is 14.9 Å². The number of Topliss-reactive ketones (excluding diaryl/α,β-unsaturated/α-hetero) is 1. The van der Waals surface area contributed by atoms with Crippen molar-refractivity contribution in [1.82, 2.24) is 0 Å². The third kappa shape index (κ3) is 4.22. The number of carbonyl (C=O) groups is 1. The first kappa shape index (κ1) is 13.2. The summed E-state index contributed by atoms with van der Waals surface area (Å²) >= 11 is 0. The molecule has 0 radical (unpaired) electrons. The van der Waals surface area contributed by atoms with Gasteiger partial charge in [-0.3, -0.25) is 10.1 Å². The van der Waals surface area contributed by atoms with Crippen LogP contribution in [0.4, 0.5) is 0 Å². The number of ether oxygens (including phenoxy) is 1. The highest BCUT2D eigenvalue weighted by atomic mass is 16.6. The molecule has 0 spiro atoms. The molecular weight excluding hydrogens is 222 g/mol. The average molecular weight is 237 g/mol. The number of nitrogens with zero attached hydrogens (tertiary/aromatic N) is 1. The van der Waals surface area contributed by atoms with Crippen LogP contribution >= 0.6 is 0 Å². The van der Waals surface area contributed by atoms with Gasteiger partial charge in [0.2, 0.25) is 6.54 Å². The Morgan fingerprint density at radius 3 is 2.41 bits per heavy atom. The molecule has 5 nitrogen and oxygen atoms in total. The molecule has 0 fully saturated rings. The van der Waals surface area contributed by atoms with Gasteiger partial charge in [-0.15, -0.1) is 0 Å². The summed E-state index contributed by atoms with van der Waals surface area (Å²) in [6.07, 6.45) is 0.188. The first-order valence-corrected chi connectivity index (χ1v) is 5.28. The van der Waals surface area contributed by atoms with Crippen LogP contribution in [0.3, 0.4) is 0 Å². The summed E-state index contributed by atoms with van der Waals surface area (Å²) in [6, 6.07) is 7.00. The third-order valence-electron chi connectivity index (χ3n) is 2.49. The molecule has 1 aromatic rings. The highest BCUT2D eigenvalue weighted by Gasteiger charge is 2.19. The summed E-state index contributed by atoms with van der Waals surface area (Å²) in [6.45, 7) is 1.21. The molecule has 0 N–H and O–H groups in total. The van der Waals surface area contributed by atoms with Gasteiger partial charge >= 0.3 is 0 Å². The molecular formula is C12H15NO4. The van der Waals surface area contributed by atoms with Crippen molar-refractivity contribution in [3.8, 4) is 5.75 Å². The standard InChI is InChI=1S/C12H15NO4/c1-9(14)7-11(8-13(15)16)10-3-5-12(17-2)6-4-10/h3-6,11H,7-8H2,1-2H3/t11-/m1/s1. The molecule has 1 aromatic carbocycles. The van der Waals surface area contributed by atoms with Crippen LogP contribution in [0.5, 0.6) is 5.75 Å². The molecule has 17 heavy (non-hydrogen) atoms. The normalized spacial score (nSPS) is 11.9. The molecule has 0 heterocycles. The van der Waals surface area contributed by atoms with Crippen molar-refractivity contribution in [1.29, 1.82) is 0 Å². The number of rotatable bonds is 6. The second-order valence-corrected chi connectivity index (χ2v) is 3.89. The van der Waals surface area contributed by atoms with Crippen molar-refractivity contribution in [3.05, 3.63) is 39.9 Å². The minimum atomic E-state index is -0.391. The van der Waals surface area contributed by atoms with Crippen molar-refractivity contribution < 1.29 is 14.5 Å². The van der Waals surface area contributed by atoms with Gasteiger partial charge in [0.25, 0.3) is 0 Å². The lowest BCUT2D eigenvalue weighted by Gasteiger charge is -2.11. The number of ketones is 1. The Balaban J connectivity index is 2.86. The Kier molecular flexibility index (Phi) is 4.63. The minimum Gasteiger partial charge on any atom is -0.497 e. The number of hydrogen-bond acceptors (Lipinski definition) is 4. The topological polar surface area (TPSA) is 69.4 Å². The number of methoxy groups -OCH3 is 1. The lowest BCUT2D eigenvalue weighted by molar-refractivity contribution is -0.483. The molecule has 92 valence electrons. The van der Waals surface area contributed by atoms with E-state index < -0.39 is 4.92 Å². The van der Waals surface area contributed by atoms with Crippen LogP contribution < -0.4 is 4.74 Å². The predicted octanol–water partition coefficient (Wildman–Crippen LogP) is 2.03. The molecule has 1 rings (SSSR count). The van der Waals surface area contributed by atoms with Gasteiger partial charge in [-0.25, -0.2) is 0 Å². The summed E-state index contributed by atoms with van der Waals surface area (Å²) in [5.74, 6) is 0.275. The molecule has 0 unspecified atom stereocenters. The first-order chi connectivity index (χ1) is 8.02. The maximum absolute atomic E-state index is 11.1. The van der Waals surface area contributed by atoms with Gasteiger partial charge in [0, 0.05) is 11.3 Å². The molecule has 0 amide bonds. The Bertz CT molecular complexity index is 383. The van der Waals surface area contributed by atoms with Gasteiger partial charge in [0.05, 0.1) is 13.0 Å². The zero-order chi connectivity index (χ0) is 12.8. The van der Waals surface area contributed by atoms with Gasteiger partial charge in [-0.2, -0.15) is 0 Å². The van der Waals surface area contributed by atoms with E-state index in [2.05, 4.69) is 0 Å². The van der Waals surface area contributed by atoms with E-state index in [1.165, 1.54) is 6.92 Å². The van der Waals surface area contributed by atoms with Crippen molar-refractivity contribution in [3.63, 3.8) is 0 Å². The molecule has 0 saturated heterocycles. The largest absolute Gasteiger partial charge is 0.497 e. The van der Waals surface area contributed by atoms with E-state index in [1.54, 1.807) is 31.4 Å². The number of hydrogen-bond donors (Lipinski definition) is 0. The van der Waals surface area contributed by atoms with Gasteiger partial charge in [0.1, 0.15) is 11.5 Å². The Morgan fingerprint density at radius 1 is 1.41 bits per heavy atom. The molecule has 0 aliphatic heterocycles. The summed E-state index contributed by atoms with van der Waals surface area (Å²) in [4.78, 5) is 21.3.